The molecule has 4 amide bonds. The second-order valence-corrected chi connectivity index (χ2v) is 9.10. The van der Waals surface area contributed by atoms with Crippen LogP contribution in [0.5, 0.6) is 17.2 Å². The van der Waals surface area contributed by atoms with E-state index in [0.717, 1.165) is 23.3 Å². The number of nitrogens with zero attached hydrogens (tertiary/aromatic N) is 1. The van der Waals surface area contributed by atoms with Crippen molar-refractivity contribution < 1.29 is 28.6 Å². The molecular formula is C30H29ClN2O6. The van der Waals surface area contributed by atoms with E-state index in [1.807, 2.05) is 37.3 Å². The fraction of sp³-hybridized carbons (Fsp3) is 0.233. The number of carbonyl (C=O) groups is 3. The predicted octanol–water partition coefficient (Wildman–Crippen LogP) is 6.16. The van der Waals surface area contributed by atoms with Gasteiger partial charge < -0.3 is 14.2 Å². The lowest BCUT2D eigenvalue weighted by Gasteiger charge is -2.26. The minimum atomic E-state index is -0.834. The molecule has 0 saturated carbocycles. The summed E-state index contributed by atoms with van der Waals surface area (Å²) in [7, 11) is 0. The van der Waals surface area contributed by atoms with Crippen LogP contribution in [0.3, 0.4) is 0 Å². The van der Waals surface area contributed by atoms with Crippen LogP contribution in [0.2, 0.25) is 5.02 Å². The van der Waals surface area contributed by atoms with E-state index >= 15 is 0 Å². The van der Waals surface area contributed by atoms with Gasteiger partial charge in [0.25, 0.3) is 11.8 Å². The summed E-state index contributed by atoms with van der Waals surface area (Å²) in [5.41, 5.74) is 1.46. The Morgan fingerprint density at radius 2 is 1.67 bits per heavy atom. The highest BCUT2D eigenvalue weighted by Gasteiger charge is 2.37. The molecule has 3 aromatic carbocycles. The Hall–Kier alpha value is -4.30. The molecule has 0 spiro atoms. The van der Waals surface area contributed by atoms with Crippen LogP contribution >= 0.6 is 11.6 Å². The highest BCUT2D eigenvalue weighted by atomic mass is 35.5. The van der Waals surface area contributed by atoms with E-state index in [1.165, 1.54) is 6.08 Å². The van der Waals surface area contributed by atoms with Crippen molar-refractivity contribution in [2.45, 2.75) is 33.3 Å². The number of nitrogens with one attached hydrogen (secondary N) is 1. The average molecular weight is 549 g/mol. The number of barbiturate groups is 1. The third-order valence-electron chi connectivity index (χ3n) is 5.83. The molecule has 4 rings (SSSR count). The van der Waals surface area contributed by atoms with E-state index in [2.05, 4.69) is 12.2 Å². The molecule has 39 heavy (non-hydrogen) atoms. The molecular weight excluding hydrogens is 520 g/mol. The Morgan fingerprint density at radius 3 is 2.36 bits per heavy atom. The third-order valence-corrected chi connectivity index (χ3v) is 6.11. The Balaban J connectivity index is 1.59. The minimum Gasteiger partial charge on any atom is -0.494 e. The largest absolute Gasteiger partial charge is 0.494 e. The van der Waals surface area contributed by atoms with Gasteiger partial charge in [-0.05, 0) is 66.9 Å². The zero-order valence-electron chi connectivity index (χ0n) is 21.7. The van der Waals surface area contributed by atoms with E-state index in [-0.39, 0.29) is 17.2 Å². The standard InChI is InChI=1S/C30H29ClN2O6/c1-3-5-15-38-23-13-11-22(12-14-23)33-29(35)24(28(34)32-30(33)36)16-21-17-25(31)27(26(18-21)37-4-2)39-19-20-9-7-6-8-10-20/h6-14,16-18H,3-5,15,19H2,1-2H3,(H,32,34,36)/b24-16-. The van der Waals surface area contributed by atoms with Gasteiger partial charge in [0, 0.05) is 0 Å². The molecule has 8 nitrogen and oxygen atoms in total. The van der Waals surface area contributed by atoms with Gasteiger partial charge >= 0.3 is 6.03 Å². The molecule has 0 aromatic heterocycles. The summed E-state index contributed by atoms with van der Waals surface area (Å²) in [5.74, 6) is -0.234. The topological polar surface area (TPSA) is 94.2 Å². The second kappa shape index (κ2) is 13.0. The van der Waals surface area contributed by atoms with Gasteiger partial charge in [0.1, 0.15) is 17.9 Å². The number of ether oxygens (including phenoxy) is 3. The van der Waals surface area contributed by atoms with Crippen LogP contribution in [0, 0.1) is 0 Å². The van der Waals surface area contributed by atoms with Crippen molar-refractivity contribution >= 4 is 41.2 Å². The zero-order valence-corrected chi connectivity index (χ0v) is 22.5. The molecule has 1 fully saturated rings. The van der Waals surface area contributed by atoms with Gasteiger partial charge in [-0.25, -0.2) is 9.69 Å². The van der Waals surface area contributed by atoms with Gasteiger partial charge in [-0.3, -0.25) is 14.9 Å². The molecule has 1 N–H and O–H groups in total. The minimum absolute atomic E-state index is 0.227. The van der Waals surface area contributed by atoms with Crippen molar-refractivity contribution in [3.8, 4) is 17.2 Å². The van der Waals surface area contributed by atoms with E-state index < -0.39 is 17.8 Å². The summed E-state index contributed by atoms with van der Waals surface area (Å²) in [4.78, 5) is 39.5. The number of rotatable bonds is 11. The zero-order chi connectivity index (χ0) is 27.8. The van der Waals surface area contributed by atoms with Crippen LogP contribution in [-0.4, -0.2) is 31.1 Å². The van der Waals surface area contributed by atoms with Crippen LogP contribution in [0.1, 0.15) is 37.8 Å². The first-order valence-corrected chi connectivity index (χ1v) is 13.1. The van der Waals surface area contributed by atoms with Gasteiger partial charge in [-0.1, -0.05) is 55.3 Å². The molecule has 0 atom stereocenters. The number of hydrogen-bond acceptors (Lipinski definition) is 6. The van der Waals surface area contributed by atoms with Crippen molar-refractivity contribution in [3.05, 3.63) is 88.5 Å². The van der Waals surface area contributed by atoms with E-state index in [9.17, 15) is 14.4 Å². The predicted molar refractivity (Wildman–Crippen MR) is 149 cm³/mol. The monoisotopic (exact) mass is 548 g/mol. The molecule has 1 heterocycles. The number of anilines is 1. The Kier molecular flexibility index (Phi) is 9.22. The number of benzene rings is 3. The normalized spacial score (nSPS) is 14.4. The number of halogens is 1. The van der Waals surface area contributed by atoms with Crippen LogP contribution in [-0.2, 0) is 16.2 Å². The fourth-order valence-electron chi connectivity index (χ4n) is 3.89. The summed E-state index contributed by atoms with van der Waals surface area (Å²) < 4.78 is 17.3. The molecule has 202 valence electrons. The molecule has 3 aromatic rings. The molecule has 1 saturated heterocycles. The molecule has 0 unspecified atom stereocenters. The smallest absolute Gasteiger partial charge is 0.335 e. The number of imide groups is 2. The van der Waals surface area contributed by atoms with E-state index in [1.54, 1.807) is 36.4 Å². The lowest BCUT2D eigenvalue weighted by atomic mass is 10.1. The first kappa shape index (κ1) is 27.7. The van der Waals surface area contributed by atoms with Crippen molar-refractivity contribution in [2.24, 2.45) is 0 Å². The molecule has 0 aliphatic carbocycles. The van der Waals surface area contributed by atoms with Crippen LogP contribution in [0.15, 0.2) is 72.3 Å². The van der Waals surface area contributed by atoms with Crippen LogP contribution < -0.4 is 24.4 Å². The molecule has 9 heteroatoms. The van der Waals surface area contributed by atoms with Crippen LogP contribution in [0.25, 0.3) is 6.08 Å². The van der Waals surface area contributed by atoms with Gasteiger partial charge in [0.15, 0.2) is 11.5 Å². The number of carbonyl (C=O) groups excluding carboxylic acids is 3. The number of urea groups is 1. The first-order chi connectivity index (χ1) is 18.9. The van der Waals surface area contributed by atoms with Crippen LogP contribution in [0.4, 0.5) is 10.5 Å². The van der Waals surface area contributed by atoms with Crippen molar-refractivity contribution in [1.82, 2.24) is 5.32 Å². The van der Waals surface area contributed by atoms with Crippen molar-refractivity contribution in [2.75, 3.05) is 18.1 Å². The highest BCUT2D eigenvalue weighted by Crippen LogP contribution is 2.38. The second-order valence-electron chi connectivity index (χ2n) is 8.69. The lowest BCUT2D eigenvalue weighted by Crippen LogP contribution is -2.54. The number of hydrogen-bond donors (Lipinski definition) is 1. The first-order valence-electron chi connectivity index (χ1n) is 12.7. The van der Waals surface area contributed by atoms with Gasteiger partial charge in [-0.2, -0.15) is 0 Å². The Morgan fingerprint density at radius 1 is 0.923 bits per heavy atom. The van der Waals surface area contributed by atoms with Crippen molar-refractivity contribution in [1.29, 1.82) is 0 Å². The lowest BCUT2D eigenvalue weighted by molar-refractivity contribution is -0.122. The third kappa shape index (κ3) is 6.78. The Labute approximate surface area is 232 Å². The van der Waals surface area contributed by atoms with E-state index in [0.29, 0.717) is 41.7 Å². The van der Waals surface area contributed by atoms with Gasteiger partial charge in [-0.15, -0.1) is 0 Å². The van der Waals surface area contributed by atoms with E-state index in [4.69, 9.17) is 25.8 Å². The SMILES string of the molecule is CCCCOc1ccc(N2C(=O)NC(=O)/C(=C/c3cc(Cl)c(OCc4ccccc4)c(OCC)c3)C2=O)cc1. The fourth-order valence-corrected chi connectivity index (χ4v) is 4.16. The molecule has 0 bridgehead atoms. The molecule has 0 radical (unpaired) electrons. The summed E-state index contributed by atoms with van der Waals surface area (Å²) in [6, 6.07) is 18.5. The summed E-state index contributed by atoms with van der Waals surface area (Å²) >= 11 is 6.54. The quantitative estimate of drug-likeness (QED) is 0.175. The summed E-state index contributed by atoms with van der Waals surface area (Å²) in [6.07, 6.45) is 3.29. The Bertz CT molecular complexity index is 1370. The maximum absolute atomic E-state index is 13.3. The van der Waals surface area contributed by atoms with Gasteiger partial charge in [0.2, 0.25) is 0 Å². The van der Waals surface area contributed by atoms with Gasteiger partial charge in [0.05, 0.1) is 23.9 Å². The molecule has 1 aliphatic heterocycles. The summed E-state index contributed by atoms with van der Waals surface area (Å²) in [6.45, 7) is 5.09. The number of unbranched alkanes of at least 4 members (excludes halogenated alkanes) is 1. The highest BCUT2D eigenvalue weighted by molar-refractivity contribution is 6.39. The average Bonchev–Trinajstić information content (AvgIpc) is 2.92. The van der Waals surface area contributed by atoms with Crippen molar-refractivity contribution in [3.63, 3.8) is 0 Å². The molecule has 1 aliphatic rings. The number of amides is 4. The maximum Gasteiger partial charge on any atom is 0.335 e. The maximum atomic E-state index is 13.3. The summed E-state index contributed by atoms with van der Waals surface area (Å²) in [5, 5.41) is 2.48.